The second-order valence-electron chi connectivity index (χ2n) is 3.33. The van der Waals surface area contributed by atoms with Gasteiger partial charge >= 0.3 is 0 Å². The zero-order chi connectivity index (χ0) is 6.81. The Morgan fingerprint density at radius 3 is 3.00 bits per heavy atom. The Kier molecular flexibility index (Phi) is 1.91. The molecule has 0 saturated carbocycles. The molecule has 2 saturated heterocycles. The highest BCUT2D eigenvalue weighted by molar-refractivity contribution is 4.90. The molecule has 0 aromatic heterocycles. The maximum atomic E-state index is 3.41. The molecule has 1 radical (unpaired) electrons. The van der Waals surface area contributed by atoms with Gasteiger partial charge in [-0.3, -0.25) is 0 Å². The van der Waals surface area contributed by atoms with E-state index in [9.17, 15) is 0 Å². The summed E-state index contributed by atoms with van der Waals surface area (Å²) < 4.78 is 0. The Labute approximate surface area is 62.4 Å². The van der Waals surface area contributed by atoms with E-state index in [0.717, 1.165) is 11.8 Å². The second kappa shape index (κ2) is 2.89. The van der Waals surface area contributed by atoms with Crippen LogP contribution in [0.15, 0.2) is 0 Å². The summed E-state index contributed by atoms with van der Waals surface area (Å²) >= 11 is 0. The van der Waals surface area contributed by atoms with Gasteiger partial charge in [0.2, 0.25) is 0 Å². The molecule has 2 heterocycles. The summed E-state index contributed by atoms with van der Waals surface area (Å²) in [5.41, 5.74) is 0. The summed E-state index contributed by atoms with van der Waals surface area (Å²) in [6.45, 7) is 5.90. The van der Waals surface area contributed by atoms with Crippen LogP contribution < -0.4 is 10.6 Å². The molecule has 0 aliphatic carbocycles. The highest BCUT2D eigenvalue weighted by Gasteiger charge is 2.26. The zero-order valence-electron chi connectivity index (χ0n) is 6.27. The predicted molar refractivity (Wildman–Crippen MR) is 41.4 cm³/mol. The Morgan fingerprint density at radius 1 is 1.20 bits per heavy atom. The van der Waals surface area contributed by atoms with Crippen molar-refractivity contribution in [3.8, 4) is 0 Å². The molecule has 2 nitrogen and oxygen atoms in total. The molecular weight excluding hydrogens is 124 g/mol. The van der Waals surface area contributed by atoms with E-state index in [0.29, 0.717) is 0 Å². The van der Waals surface area contributed by atoms with Crippen LogP contribution in [0, 0.1) is 18.4 Å². The first kappa shape index (κ1) is 6.62. The third-order valence-electron chi connectivity index (χ3n) is 2.67. The topological polar surface area (TPSA) is 24.1 Å². The van der Waals surface area contributed by atoms with Crippen LogP contribution in [0.1, 0.15) is 12.8 Å². The van der Waals surface area contributed by atoms with Gasteiger partial charge in [0.15, 0.2) is 0 Å². The molecule has 2 aliphatic heterocycles. The van der Waals surface area contributed by atoms with Crippen LogP contribution in [0.5, 0.6) is 0 Å². The van der Waals surface area contributed by atoms with E-state index in [1.807, 2.05) is 0 Å². The molecular formula is C8H15N2. The molecule has 0 aromatic rings. The monoisotopic (exact) mass is 139 g/mol. The lowest BCUT2D eigenvalue weighted by Crippen LogP contribution is -2.43. The molecule has 0 amide bonds. The standard InChI is InChI=1S/C8H15N2/c1-3-9-5-8-6-10-4-2-7(1)8/h5,7-10H,1-4,6H2. The number of piperidine rings is 2. The van der Waals surface area contributed by atoms with Crippen LogP contribution >= 0.6 is 0 Å². The minimum Gasteiger partial charge on any atom is -0.316 e. The molecule has 2 heteroatoms. The van der Waals surface area contributed by atoms with Gasteiger partial charge in [-0.1, -0.05) is 0 Å². The first-order valence-corrected chi connectivity index (χ1v) is 4.24. The van der Waals surface area contributed by atoms with Crippen molar-refractivity contribution in [2.45, 2.75) is 12.8 Å². The van der Waals surface area contributed by atoms with Crippen molar-refractivity contribution < 1.29 is 0 Å². The van der Waals surface area contributed by atoms with E-state index in [4.69, 9.17) is 0 Å². The fourth-order valence-corrected chi connectivity index (χ4v) is 1.99. The minimum absolute atomic E-state index is 0.808. The van der Waals surface area contributed by atoms with Crippen LogP contribution in [0.3, 0.4) is 0 Å². The number of hydrogen-bond acceptors (Lipinski definition) is 2. The molecule has 2 rings (SSSR count). The van der Waals surface area contributed by atoms with Gasteiger partial charge in [-0.05, 0) is 44.3 Å². The molecule has 2 aliphatic rings. The summed E-state index contributed by atoms with van der Waals surface area (Å²) in [6.07, 6.45) is 2.76. The lowest BCUT2D eigenvalue weighted by molar-refractivity contribution is 0.231. The van der Waals surface area contributed by atoms with E-state index < -0.39 is 0 Å². The number of hydrogen-bond donors (Lipinski definition) is 2. The van der Waals surface area contributed by atoms with Gasteiger partial charge in [0, 0.05) is 6.54 Å². The fraction of sp³-hybridized carbons (Fsp3) is 0.875. The Hall–Kier alpha value is -0.0800. The van der Waals surface area contributed by atoms with Crippen LogP contribution in [-0.2, 0) is 0 Å². The van der Waals surface area contributed by atoms with Gasteiger partial charge in [0.1, 0.15) is 0 Å². The second-order valence-corrected chi connectivity index (χ2v) is 3.33. The first-order chi connectivity index (χ1) is 4.97. The van der Waals surface area contributed by atoms with E-state index >= 15 is 0 Å². The minimum atomic E-state index is 0.808. The number of fused-ring (bicyclic) bond motifs is 1. The van der Waals surface area contributed by atoms with E-state index in [1.54, 1.807) is 0 Å². The maximum Gasteiger partial charge on any atom is 0.0267 e. The fourth-order valence-electron chi connectivity index (χ4n) is 1.99. The first-order valence-electron chi connectivity index (χ1n) is 4.24. The van der Waals surface area contributed by atoms with Crippen molar-refractivity contribution in [1.82, 2.24) is 10.6 Å². The molecule has 2 N–H and O–H groups in total. The van der Waals surface area contributed by atoms with Crippen LogP contribution in [-0.4, -0.2) is 19.6 Å². The van der Waals surface area contributed by atoms with Crippen molar-refractivity contribution >= 4 is 0 Å². The SMILES string of the molecule is [CH]1NCCC2CCNCC12. The van der Waals surface area contributed by atoms with Crippen molar-refractivity contribution in [2.24, 2.45) is 11.8 Å². The van der Waals surface area contributed by atoms with Gasteiger partial charge in [0.05, 0.1) is 0 Å². The van der Waals surface area contributed by atoms with E-state index in [-0.39, 0.29) is 0 Å². The summed E-state index contributed by atoms with van der Waals surface area (Å²) in [4.78, 5) is 0. The third kappa shape index (κ3) is 1.18. The van der Waals surface area contributed by atoms with E-state index in [2.05, 4.69) is 17.2 Å². The number of nitrogens with one attached hydrogen (secondary N) is 2. The average molecular weight is 139 g/mol. The van der Waals surface area contributed by atoms with Crippen molar-refractivity contribution in [2.75, 3.05) is 19.6 Å². The number of rotatable bonds is 0. The van der Waals surface area contributed by atoms with Crippen LogP contribution in [0.2, 0.25) is 0 Å². The molecule has 2 unspecified atom stereocenters. The third-order valence-corrected chi connectivity index (χ3v) is 2.67. The molecule has 0 bridgehead atoms. The average Bonchev–Trinajstić information content (AvgIpc) is 2.05. The largest absolute Gasteiger partial charge is 0.316 e. The Balaban J connectivity index is 1.93. The van der Waals surface area contributed by atoms with Gasteiger partial charge in [-0.25, -0.2) is 0 Å². The summed E-state index contributed by atoms with van der Waals surface area (Å²) in [7, 11) is 0. The van der Waals surface area contributed by atoms with Crippen molar-refractivity contribution in [1.29, 1.82) is 0 Å². The summed E-state index contributed by atoms with van der Waals surface area (Å²) in [6, 6.07) is 0. The van der Waals surface area contributed by atoms with E-state index in [1.165, 1.54) is 32.5 Å². The van der Waals surface area contributed by atoms with Crippen LogP contribution in [0.4, 0.5) is 0 Å². The molecule has 0 aromatic carbocycles. The molecule has 57 valence electrons. The van der Waals surface area contributed by atoms with Gasteiger partial charge in [-0.15, -0.1) is 0 Å². The van der Waals surface area contributed by atoms with Crippen molar-refractivity contribution in [3.63, 3.8) is 0 Å². The molecule has 10 heavy (non-hydrogen) atoms. The van der Waals surface area contributed by atoms with Gasteiger partial charge in [-0.2, -0.15) is 0 Å². The summed E-state index contributed by atoms with van der Waals surface area (Å²) in [5.74, 6) is 1.78. The smallest absolute Gasteiger partial charge is 0.0267 e. The lowest BCUT2D eigenvalue weighted by atomic mass is 9.82. The highest BCUT2D eigenvalue weighted by Crippen LogP contribution is 2.26. The zero-order valence-corrected chi connectivity index (χ0v) is 6.27. The normalized spacial score (nSPS) is 40.8. The molecule has 2 atom stereocenters. The Morgan fingerprint density at radius 2 is 2.10 bits per heavy atom. The van der Waals surface area contributed by atoms with Gasteiger partial charge in [0.25, 0.3) is 0 Å². The summed E-state index contributed by atoms with van der Waals surface area (Å²) in [5, 5.41) is 6.73. The molecule has 2 fully saturated rings. The lowest BCUT2D eigenvalue weighted by Gasteiger charge is -2.35. The predicted octanol–water partition coefficient (Wildman–Crippen LogP) is 0.367. The van der Waals surface area contributed by atoms with Gasteiger partial charge < -0.3 is 10.6 Å². The quantitative estimate of drug-likeness (QED) is 0.506. The maximum absolute atomic E-state index is 3.41. The highest BCUT2D eigenvalue weighted by atomic mass is 14.9. The Bertz CT molecular complexity index is 87.8. The molecule has 0 spiro atoms. The van der Waals surface area contributed by atoms with Crippen LogP contribution in [0.25, 0.3) is 0 Å². The van der Waals surface area contributed by atoms with Crippen molar-refractivity contribution in [3.05, 3.63) is 6.54 Å².